The van der Waals surface area contributed by atoms with E-state index < -0.39 is 0 Å². The number of fused-ring (bicyclic) bond motifs is 1. The van der Waals surface area contributed by atoms with Gasteiger partial charge in [-0.1, -0.05) is 13.3 Å². The zero-order valence-electron chi connectivity index (χ0n) is 13.7. The molecule has 2 heterocycles. The van der Waals surface area contributed by atoms with E-state index in [1.807, 2.05) is 12.1 Å². The number of benzene rings is 1. The Kier molecular flexibility index (Phi) is 4.89. The maximum absolute atomic E-state index is 6.34. The van der Waals surface area contributed by atoms with Crippen molar-refractivity contribution in [2.24, 2.45) is 0 Å². The van der Waals surface area contributed by atoms with Crippen molar-refractivity contribution in [2.45, 2.75) is 51.2 Å². The lowest BCUT2D eigenvalue weighted by molar-refractivity contribution is -0.0355. The summed E-state index contributed by atoms with van der Waals surface area (Å²) in [7, 11) is 0. The molecule has 0 saturated carbocycles. The van der Waals surface area contributed by atoms with E-state index in [1.54, 1.807) is 0 Å². The SMILES string of the molecule is CCCCOc1ccc2c(c1)C(OCC)CC1(CCNC1)O2. The van der Waals surface area contributed by atoms with Crippen molar-refractivity contribution in [3.8, 4) is 11.5 Å². The first-order valence-electron chi connectivity index (χ1n) is 8.54. The van der Waals surface area contributed by atoms with Gasteiger partial charge in [-0.05, 0) is 38.1 Å². The fourth-order valence-electron chi connectivity index (χ4n) is 3.35. The molecule has 1 spiro atoms. The zero-order chi connectivity index (χ0) is 15.4. The van der Waals surface area contributed by atoms with E-state index in [0.717, 1.165) is 62.4 Å². The minimum atomic E-state index is -0.0998. The second-order valence-electron chi connectivity index (χ2n) is 6.26. The number of unbranched alkanes of at least 4 members (excludes halogenated alkanes) is 1. The minimum Gasteiger partial charge on any atom is -0.494 e. The van der Waals surface area contributed by atoms with E-state index in [0.29, 0.717) is 6.61 Å². The molecule has 0 aliphatic carbocycles. The van der Waals surface area contributed by atoms with Crippen LogP contribution in [0.2, 0.25) is 0 Å². The van der Waals surface area contributed by atoms with Gasteiger partial charge in [0.2, 0.25) is 0 Å². The number of rotatable bonds is 6. The van der Waals surface area contributed by atoms with Crippen molar-refractivity contribution in [3.63, 3.8) is 0 Å². The lowest BCUT2D eigenvalue weighted by Gasteiger charge is -2.39. The molecule has 2 atom stereocenters. The quantitative estimate of drug-likeness (QED) is 0.817. The van der Waals surface area contributed by atoms with Crippen LogP contribution in [-0.2, 0) is 4.74 Å². The standard InChI is InChI=1S/C18H27NO3/c1-3-5-10-21-14-6-7-16-15(11-14)17(20-4-2)12-18(22-16)8-9-19-13-18/h6-7,11,17,19H,3-5,8-10,12-13H2,1-2H3. The summed E-state index contributed by atoms with van der Waals surface area (Å²) in [6.45, 7) is 7.63. The lowest BCUT2D eigenvalue weighted by Crippen LogP contribution is -2.43. The molecular weight excluding hydrogens is 278 g/mol. The van der Waals surface area contributed by atoms with Gasteiger partial charge in [0, 0.05) is 31.6 Å². The van der Waals surface area contributed by atoms with Gasteiger partial charge in [-0.3, -0.25) is 0 Å². The molecule has 4 heteroatoms. The largest absolute Gasteiger partial charge is 0.494 e. The Labute approximate surface area is 133 Å². The van der Waals surface area contributed by atoms with Gasteiger partial charge in [-0.25, -0.2) is 0 Å². The van der Waals surface area contributed by atoms with E-state index in [9.17, 15) is 0 Å². The molecule has 0 amide bonds. The molecule has 0 aromatic heterocycles. The summed E-state index contributed by atoms with van der Waals surface area (Å²) in [5.41, 5.74) is 1.03. The van der Waals surface area contributed by atoms with Gasteiger partial charge in [0.15, 0.2) is 0 Å². The zero-order valence-corrected chi connectivity index (χ0v) is 13.7. The van der Waals surface area contributed by atoms with E-state index in [-0.39, 0.29) is 11.7 Å². The van der Waals surface area contributed by atoms with Gasteiger partial charge in [-0.15, -0.1) is 0 Å². The molecule has 0 bridgehead atoms. The van der Waals surface area contributed by atoms with Crippen LogP contribution in [0.3, 0.4) is 0 Å². The second-order valence-corrected chi connectivity index (χ2v) is 6.26. The number of nitrogens with one attached hydrogen (secondary N) is 1. The highest BCUT2D eigenvalue weighted by Gasteiger charge is 2.43. The van der Waals surface area contributed by atoms with Crippen LogP contribution in [0.1, 0.15) is 51.2 Å². The Morgan fingerprint density at radius 3 is 3.00 bits per heavy atom. The van der Waals surface area contributed by atoms with Gasteiger partial charge in [0.05, 0.1) is 12.7 Å². The maximum Gasteiger partial charge on any atom is 0.126 e. The Morgan fingerprint density at radius 2 is 2.27 bits per heavy atom. The van der Waals surface area contributed by atoms with Crippen LogP contribution < -0.4 is 14.8 Å². The van der Waals surface area contributed by atoms with Crippen molar-refractivity contribution in [1.29, 1.82) is 0 Å². The highest BCUT2D eigenvalue weighted by Crippen LogP contribution is 2.45. The summed E-state index contributed by atoms with van der Waals surface area (Å²) in [5, 5.41) is 3.42. The van der Waals surface area contributed by atoms with Crippen LogP contribution in [0, 0.1) is 0 Å². The van der Waals surface area contributed by atoms with Crippen LogP contribution in [0.25, 0.3) is 0 Å². The third-order valence-corrected chi connectivity index (χ3v) is 4.55. The third kappa shape index (κ3) is 3.23. The predicted molar refractivity (Wildman–Crippen MR) is 86.7 cm³/mol. The Morgan fingerprint density at radius 1 is 1.36 bits per heavy atom. The fraction of sp³-hybridized carbons (Fsp3) is 0.667. The summed E-state index contributed by atoms with van der Waals surface area (Å²) in [5.74, 6) is 1.87. The van der Waals surface area contributed by atoms with Crippen molar-refractivity contribution in [1.82, 2.24) is 5.32 Å². The van der Waals surface area contributed by atoms with E-state index in [4.69, 9.17) is 14.2 Å². The molecule has 1 N–H and O–H groups in total. The highest BCUT2D eigenvalue weighted by atomic mass is 16.5. The highest BCUT2D eigenvalue weighted by molar-refractivity contribution is 5.44. The van der Waals surface area contributed by atoms with Gasteiger partial charge in [-0.2, -0.15) is 0 Å². The fourth-order valence-corrected chi connectivity index (χ4v) is 3.35. The molecule has 22 heavy (non-hydrogen) atoms. The molecule has 4 nitrogen and oxygen atoms in total. The molecular formula is C18H27NO3. The number of hydrogen-bond acceptors (Lipinski definition) is 4. The predicted octanol–water partition coefficient (Wildman–Crippen LogP) is 3.46. The maximum atomic E-state index is 6.34. The molecule has 1 fully saturated rings. The molecule has 1 aromatic rings. The van der Waals surface area contributed by atoms with E-state index in [2.05, 4.69) is 25.2 Å². The molecule has 122 valence electrons. The van der Waals surface area contributed by atoms with Gasteiger partial charge < -0.3 is 19.5 Å². The normalized spacial score (nSPS) is 26.7. The van der Waals surface area contributed by atoms with Crippen LogP contribution in [0.5, 0.6) is 11.5 Å². The van der Waals surface area contributed by atoms with Crippen molar-refractivity contribution >= 4 is 0 Å². The minimum absolute atomic E-state index is 0.0998. The Bertz CT molecular complexity index is 497. The van der Waals surface area contributed by atoms with Crippen molar-refractivity contribution < 1.29 is 14.2 Å². The van der Waals surface area contributed by atoms with E-state index in [1.165, 1.54) is 0 Å². The van der Waals surface area contributed by atoms with Crippen LogP contribution >= 0.6 is 0 Å². The average Bonchev–Trinajstić information content (AvgIpc) is 2.96. The second kappa shape index (κ2) is 6.88. The topological polar surface area (TPSA) is 39.7 Å². The summed E-state index contributed by atoms with van der Waals surface area (Å²) < 4.78 is 18.2. The molecule has 1 saturated heterocycles. The third-order valence-electron chi connectivity index (χ3n) is 4.55. The summed E-state index contributed by atoms with van der Waals surface area (Å²) in [4.78, 5) is 0. The van der Waals surface area contributed by atoms with Crippen molar-refractivity contribution in [3.05, 3.63) is 23.8 Å². The average molecular weight is 305 g/mol. The van der Waals surface area contributed by atoms with Gasteiger partial charge in [0.1, 0.15) is 17.1 Å². The summed E-state index contributed by atoms with van der Waals surface area (Å²) >= 11 is 0. The number of ether oxygens (including phenoxy) is 3. The molecule has 3 rings (SSSR count). The summed E-state index contributed by atoms with van der Waals surface area (Å²) in [6.07, 6.45) is 4.29. The molecule has 2 unspecified atom stereocenters. The van der Waals surface area contributed by atoms with Crippen molar-refractivity contribution in [2.75, 3.05) is 26.3 Å². The van der Waals surface area contributed by atoms with Crippen LogP contribution in [-0.4, -0.2) is 31.9 Å². The van der Waals surface area contributed by atoms with Crippen LogP contribution in [0.4, 0.5) is 0 Å². The van der Waals surface area contributed by atoms with Gasteiger partial charge >= 0.3 is 0 Å². The molecule has 2 aliphatic rings. The first-order valence-corrected chi connectivity index (χ1v) is 8.54. The van der Waals surface area contributed by atoms with Gasteiger partial charge in [0.25, 0.3) is 0 Å². The molecule has 0 radical (unpaired) electrons. The first-order chi connectivity index (χ1) is 10.8. The Hall–Kier alpha value is -1.26. The van der Waals surface area contributed by atoms with E-state index >= 15 is 0 Å². The lowest BCUT2D eigenvalue weighted by atomic mass is 9.88. The first kappa shape index (κ1) is 15.6. The summed E-state index contributed by atoms with van der Waals surface area (Å²) in [6, 6.07) is 6.15. The molecule has 1 aromatic carbocycles. The smallest absolute Gasteiger partial charge is 0.126 e. The Balaban J connectivity index is 1.81. The molecule has 2 aliphatic heterocycles. The van der Waals surface area contributed by atoms with Crippen LogP contribution in [0.15, 0.2) is 18.2 Å². The number of hydrogen-bond donors (Lipinski definition) is 1. The monoisotopic (exact) mass is 305 g/mol.